The van der Waals surface area contributed by atoms with Crippen LogP contribution in [0.5, 0.6) is 5.75 Å². The molecule has 6 amide bonds. The maximum absolute atomic E-state index is 12.9. The Morgan fingerprint density at radius 1 is 0.768 bits per heavy atom. The summed E-state index contributed by atoms with van der Waals surface area (Å²) in [5.41, 5.74) is 1.15. The van der Waals surface area contributed by atoms with Crippen molar-refractivity contribution in [1.82, 2.24) is 26.3 Å². The number of thiazole rings is 1. The maximum Gasteiger partial charge on any atom is 0.321 e. The molecule has 1 aromatic heterocycles. The van der Waals surface area contributed by atoms with Crippen LogP contribution in [-0.4, -0.2) is 123 Å². The van der Waals surface area contributed by atoms with Crippen molar-refractivity contribution < 1.29 is 57.9 Å². The molecule has 304 valence electrons. The molecule has 0 unspecified atom stereocenters. The Kier molecular flexibility index (Phi) is 20.9. The summed E-state index contributed by atoms with van der Waals surface area (Å²) >= 11 is 1.00. The molecule has 19 nitrogen and oxygen atoms in total. The summed E-state index contributed by atoms with van der Waals surface area (Å²) in [6.45, 7) is 2.40. The molecule has 0 saturated heterocycles. The molecular weight excluding hydrogens is 754 g/mol. The van der Waals surface area contributed by atoms with Gasteiger partial charge in [-0.3, -0.25) is 29.3 Å². The van der Waals surface area contributed by atoms with Crippen LogP contribution >= 0.6 is 11.3 Å². The fourth-order valence-electron chi connectivity index (χ4n) is 4.45. The zero-order valence-electron chi connectivity index (χ0n) is 30.6. The van der Waals surface area contributed by atoms with Crippen molar-refractivity contribution in [2.45, 2.75) is 31.8 Å². The molecule has 0 saturated carbocycles. The average molecular weight is 802 g/mol. The molecule has 0 aliphatic carbocycles. The third-order valence-electron chi connectivity index (χ3n) is 7.18. The Balaban J connectivity index is 1.30. The van der Waals surface area contributed by atoms with Gasteiger partial charge in [0.2, 0.25) is 17.7 Å². The van der Waals surface area contributed by atoms with Gasteiger partial charge in [-0.05, 0) is 36.2 Å². The van der Waals surface area contributed by atoms with E-state index in [0.717, 1.165) is 16.9 Å². The van der Waals surface area contributed by atoms with Crippen LogP contribution in [0, 0.1) is 0 Å². The number of aliphatic carboxylic acids is 1. The minimum Gasteiger partial charge on any atom is -0.494 e. The second-order valence-electron chi connectivity index (χ2n) is 11.6. The Bertz CT molecular complexity index is 1680. The number of aliphatic hydroxyl groups is 1. The van der Waals surface area contributed by atoms with Gasteiger partial charge < -0.3 is 55.7 Å². The van der Waals surface area contributed by atoms with Gasteiger partial charge in [0.15, 0.2) is 5.13 Å². The highest BCUT2D eigenvalue weighted by Crippen LogP contribution is 2.17. The summed E-state index contributed by atoms with van der Waals surface area (Å²) in [5, 5.41) is 34.7. The van der Waals surface area contributed by atoms with E-state index < -0.39 is 48.7 Å². The van der Waals surface area contributed by atoms with E-state index in [0.29, 0.717) is 57.4 Å². The first-order valence-corrected chi connectivity index (χ1v) is 18.5. The third kappa shape index (κ3) is 19.1. The monoisotopic (exact) mass is 801 g/mol. The molecule has 20 heteroatoms. The van der Waals surface area contributed by atoms with Crippen LogP contribution in [0.1, 0.15) is 35.3 Å². The minimum absolute atomic E-state index is 0.0337. The number of ether oxygens (including phenoxy) is 4. The highest BCUT2D eigenvalue weighted by atomic mass is 32.1. The normalized spacial score (nSPS) is 11.2. The van der Waals surface area contributed by atoms with Gasteiger partial charge in [0.25, 0.3) is 5.91 Å². The van der Waals surface area contributed by atoms with Gasteiger partial charge in [0.1, 0.15) is 17.5 Å². The maximum atomic E-state index is 12.9. The molecular formula is C36H47N7O12S. The zero-order chi connectivity index (χ0) is 40.4. The van der Waals surface area contributed by atoms with Gasteiger partial charge >= 0.3 is 12.0 Å². The van der Waals surface area contributed by atoms with E-state index in [1.165, 1.54) is 17.5 Å². The van der Waals surface area contributed by atoms with Crippen LogP contribution in [0.2, 0.25) is 0 Å². The van der Waals surface area contributed by atoms with E-state index in [-0.39, 0.29) is 49.5 Å². The van der Waals surface area contributed by atoms with Crippen LogP contribution in [0.3, 0.4) is 0 Å². The first-order valence-electron chi connectivity index (χ1n) is 17.6. The number of hydrogen-bond donors (Lipinski definition) is 8. The molecule has 0 bridgehead atoms. The quantitative estimate of drug-likeness (QED) is 0.0503. The number of rotatable bonds is 27. The number of nitrogens with one attached hydrogen (secondary N) is 6. The van der Waals surface area contributed by atoms with Crippen molar-refractivity contribution in [3.63, 3.8) is 0 Å². The number of amides is 6. The first-order chi connectivity index (χ1) is 27.1. The highest BCUT2D eigenvalue weighted by molar-refractivity contribution is 7.14. The highest BCUT2D eigenvalue weighted by Gasteiger charge is 2.24. The Morgan fingerprint density at radius 2 is 1.46 bits per heavy atom. The number of aliphatic hydroxyl groups excluding tert-OH is 1. The molecule has 1 atom stereocenters. The second kappa shape index (κ2) is 26.2. The number of carboxylic acid groups (broad SMARTS) is 1. The van der Waals surface area contributed by atoms with Crippen molar-refractivity contribution in [2.24, 2.45) is 0 Å². The van der Waals surface area contributed by atoms with Gasteiger partial charge in [0.05, 0.1) is 65.8 Å². The molecule has 0 fully saturated rings. The van der Waals surface area contributed by atoms with E-state index in [4.69, 9.17) is 24.1 Å². The minimum atomic E-state index is -1.46. The molecule has 0 radical (unpaired) electrons. The summed E-state index contributed by atoms with van der Waals surface area (Å²) in [5.74, 6) is -3.34. The number of carboxylic acids is 1. The van der Waals surface area contributed by atoms with E-state index in [2.05, 4.69) is 36.9 Å². The van der Waals surface area contributed by atoms with E-state index in [1.807, 2.05) is 30.3 Å². The SMILES string of the molecule is O=C(O)C[C@H](NC(=O)CNC(=O)c1csc(NC(=O)NCc2ccccc2)n1)C(=O)Nc1ccc(OCCCNC(=O)CCOCCOCCOCCO)cc1. The third-order valence-corrected chi connectivity index (χ3v) is 7.94. The average Bonchev–Trinajstić information content (AvgIpc) is 3.65. The lowest BCUT2D eigenvalue weighted by Gasteiger charge is -2.17. The number of carbonyl (C=O) groups excluding carboxylic acids is 5. The molecule has 8 N–H and O–H groups in total. The molecule has 0 aliphatic rings. The van der Waals surface area contributed by atoms with Crippen molar-refractivity contribution in [3.8, 4) is 5.75 Å². The summed E-state index contributed by atoms with van der Waals surface area (Å²) in [6, 6.07) is 13.5. The van der Waals surface area contributed by atoms with Gasteiger partial charge in [-0.25, -0.2) is 9.78 Å². The van der Waals surface area contributed by atoms with E-state index in [9.17, 15) is 33.9 Å². The lowest BCUT2D eigenvalue weighted by atomic mass is 10.1. The number of urea groups is 1. The molecule has 56 heavy (non-hydrogen) atoms. The fourth-order valence-corrected chi connectivity index (χ4v) is 5.13. The van der Waals surface area contributed by atoms with Crippen LogP contribution in [0.15, 0.2) is 60.0 Å². The smallest absolute Gasteiger partial charge is 0.321 e. The topological polar surface area (TPSA) is 265 Å². The molecule has 0 spiro atoms. The van der Waals surface area contributed by atoms with Crippen molar-refractivity contribution >= 4 is 57.8 Å². The summed E-state index contributed by atoms with van der Waals surface area (Å²) in [4.78, 5) is 77.7. The molecule has 3 aromatic rings. The van der Waals surface area contributed by atoms with E-state index in [1.54, 1.807) is 12.1 Å². The van der Waals surface area contributed by atoms with Crippen molar-refractivity contribution in [1.29, 1.82) is 0 Å². The first kappa shape index (κ1) is 44.7. The predicted octanol–water partition coefficient (Wildman–Crippen LogP) is 1.11. The lowest BCUT2D eigenvalue weighted by Crippen LogP contribution is -2.48. The number of nitrogens with zero attached hydrogens (tertiary/aromatic N) is 1. The summed E-state index contributed by atoms with van der Waals surface area (Å²) in [6.07, 6.45) is 0.0139. The van der Waals surface area contributed by atoms with Gasteiger partial charge in [-0.2, -0.15) is 0 Å². The van der Waals surface area contributed by atoms with Crippen molar-refractivity contribution in [3.05, 3.63) is 71.2 Å². The van der Waals surface area contributed by atoms with Crippen LogP contribution < -0.4 is 36.6 Å². The molecule has 1 heterocycles. The molecule has 2 aromatic carbocycles. The second-order valence-corrected chi connectivity index (χ2v) is 12.5. The van der Waals surface area contributed by atoms with Gasteiger partial charge in [-0.1, -0.05) is 30.3 Å². The van der Waals surface area contributed by atoms with Gasteiger partial charge in [0, 0.05) is 30.6 Å². The number of benzene rings is 2. The Hall–Kier alpha value is -5.67. The van der Waals surface area contributed by atoms with E-state index >= 15 is 0 Å². The van der Waals surface area contributed by atoms with Crippen LogP contribution in [-0.2, 0) is 39.9 Å². The largest absolute Gasteiger partial charge is 0.494 e. The lowest BCUT2D eigenvalue weighted by molar-refractivity contribution is -0.139. The van der Waals surface area contributed by atoms with Gasteiger partial charge in [-0.15, -0.1) is 11.3 Å². The Morgan fingerprint density at radius 3 is 2.16 bits per heavy atom. The zero-order valence-corrected chi connectivity index (χ0v) is 31.4. The van der Waals surface area contributed by atoms with Crippen molar-refractivity contribution in [2.75, 3.05) is 76.6 Å². The number of anilines is 2. The number of aromatic nitrogens is 1. The standard InChI is InChI=1S/C36H47N7O12S/c44-13-16-53-18-20-54-19-17-52-15-11-30(45)37-12-4-14-55-27-9-7-26(8-10-27)40-34(50)28(21-32(47)48)41-31(46)23-38-33(49)29-24-56-36(42-29)43-35(51)39-22-25-5-2-1-3-6-25/h1-3,5-10,24,28,44H,4,11-23H2,(H,37,45)(H,38,49)(H,40,50)(H,41,46)(H,47,48)(H2,39,42,43,51)/t28-/m0/s1. The Labute approximate surface area is 326 Å². The van der Waals surface area contributed by atoms with Crippen LogP contribution in [0.4, 0.5) is 15.6 Å². The summed E-state index contributed by atoms with van der Waals surface area (Å²) in [7, 11) is 0. The summed E-state index contributed by atoms with van der Waals surface area (Å²) < 4.78 is 21.4. The fraction of sp³-hybridized carbons (Fsp3) is 0.417. The van der Waals surface area contributed by atoms with Crippen LogP contribution in [0.25, 0.3) is 0 Å². The molecule has 0 aliphatic heterocycles. The number of carbonyl (C=O) groups is 6. The molecule has 3 rings (SSSR count). The number of hydrogen-bond acceptors (Lipinski definition) is 13. The predicted molar refractivity (Wildman–Crippen MR) is 203 cm³/mol.